The van der Waals surface area contributed by atoms with Crippen molar-refractivity contribution >= 4 is 50.3 Å². The molecule has 0 fully saturated rings. The zero-order chi connectivity index (χ0) is 21.0. The standard InChI is InChI=1S/C21H16BrF2NO3S/c1-20(11-21(23,24)29-12-6-4-3-5-7-12)18-13(22)8-9-15-17(18)14(10-16(26)28-15)25(2)19(20)27/h3-10H,11H2,1-2H3. The van der Waals surface area contributed by atoms with Crippen molar-refractivity contribution in [1.29, 1.82) is 0 Å². The summed E-state index contributed by atoms with van der Waals surface area (Å²) in [7, 11) is 1.49. The van der Waals surface area contributed by atoms with Gasteiger partial charge in [0.1, 0.15) is 5.58 Å². The summed E-state index contributed by atoms with van der Waals surface area (Å²) in [6.45, 7) is 1.51. The number of carbonyl (C=O) groups excluding carboxylic acids is 1. The molecule has 3 aromatic rings. The maximum Gasteiger partial charge on any atom is 0.338 e. The van der Waals surface area contributed by atoms with Crippen LogP contribution in [-0.4, -0.2) is 18.2 Å². The van der Waals surface area contributed by atoms with Crippen LogP contribution in [0.2, 0.25) is 0 Å². The Hall–Kier alpha value is -2.19. The van der Waals surface area contributed by atoms with Gasteiger partial charge in [0.2, 0.25) is 5.91 Å². The second-order valence-electron chi connectivity index (χ2n) is 7.17. The third-order valence-corrected chi connectivity index (χ3v) is 6.71. The van der Waals surface area contributed by atoms with Crippen LogP contribution in [0.15, 0.2) is 67.1 Å². The molecule has 1 aliphatic heterocycles. The van der Waals surface area contributed by atoms with E-state index in [1.54, 1.807) is 42.5 Å². The van der Waals surface area contributed by atoms with E-state index in [2.05, 4.69) is 15.9 Å². The van der Waals surface area contributed by atoms with E-state index in [4.69, 9.17) is 4.42 Å². The maximum atomic E-state index is 15.1. The zero-order valence-electron chi connectivity index (χ0n) is 15.5. The minimum Gasteiger partial charge on any atom is -0.423 e. The van der Waals surface area contributed by atoms with Crippen LogP contribution in [0.25, 0.3) is 11.0 Å². The van der Waals surface area contributed by atoms with Crippen molar-refractivity contribution < 1.29 is 18.0 Å². The molecule has 0 spiro atoms. The predicted molar refractivity (Wildman–Crippen MR) is 113 cm³/mol. The Bertz CT molecular complexity index is 1180. The number of amides is 1. The lowest BCUT2D eigenvalue weighted by molar-refractivity contribution is -0.125. The van der Waals surface area contributed by atoms with Crippen LogP contribution in [0.3, 0.4) is 0 Å². The molecule has 2 heterocycles. The van der Waals surface area contributed by atoms with Gasteiger partial charge in [-0.2, -0.15) is 8.78 Å². The Balaban J connectivity index is 1.87. The van der Waals surface area contributed by atoms with Gasteiger partial charge in [0.25, 0.3) is 5.25 Å². The molecular weight excluding hydrogens is 464 g/mol. The second kappa shape index (κ2) is 6.95. The number of nitrogens with zero attached hydrogens (tertiary/aromatic N) is 1. The van der Waals surface area contributed by atoms with Crippen molar-refractivity contribution in [2.45, 2.75) is 28.9 Å². The number of carbonyl (C=O) groups is 1. The number of alkyl halides is 2. The van der Waals surface area contributed by atoms with Gasteiger partial charge >= 0.3 is 5.63 Å². The molecule has 4 rings (SSSR count). The molecule has 0 saturated carbocycles. The minimum atomic E-state index is -3.21. The van der Waals surface area contributed by atoms with Gasteiger partial charge in [0.05, 0.1) is 11.1 Å². The highest BCUT2D eigenvalue weighted by atomic mass is 79.9. The van der Waals surface area contributed by atoms with E-state index in [1.165, 1.54) is 24.9 Å². The van der Waals surface area contributed by atoms with Gasteiger partial charge in [-0.05, 0) is 36.8 Å². The average Bonchev–Trinajstić information content (AvgIpc) is 2.65. The van der Waals surface area contributed by atoms with Crippen molar-refractivity contribution in [2.24, 2.45) is 0 Å². The molecule has 1 aliphatic rings. The number of hydrogen-bond donors (Lipinski definition) is 0. The van der Waals surface area contributed by atoms with Gasteiger partial charge in [-0.15, -0.1) is 0 Å². The number of anilines is 1. The molecule has 2 aromatic carbocycles. The quantitative estimate of drug-likeness (QED) is 0.362. The largest absolute Gasteiger partial charge is 0.423 e. The Kier molecular flexibility index (Phi) is 4.82. The first kappa shape index (κ1) is 20.1. The van der Waals surface area contributed by atoms with Crippen LogP contribution in [0.1, 0.15) is 18.9 Å². The molecule has 0 N–H and O–H groups in total. The van der Waals surface area contributed by atoms with E-state index in [-0.39, 0.29) is 5.58 Å². The van der Waals surface area contributed by atoms with Gasteiger partial charge in [-0.3, -0.25) is 4.79 Å². The summed E-state index contributed by atoms with van der Waals surface area (Å²) >= 11 is 3.85. The molecule has 0 radical (unpaired) electrons. The highest BCUT2D eigenvalue weighted by Crippen LogP contribution is 2.52. The first-order valence-corrected chi connectivity index (χ1v) is 10.4. The summed E-state index contributed by atoms with van der Waals surface area (Å²) in [4.78, 5) is 26.8. The summed E-state index contributed by atoms with van der Waals surface area (Å²) < 4.78 is 36.0. The van der Waals surface area contributed by atoms with Gasteiger partial charge in [0, 0.05) is 34.3 Å². The molecule has 29 heavy (non-hydrogen) atoms. The highest BCUT2D eigenvalue weighted by Gasteiger charge is 2.51. The van der Waals surface area contributed by atoms with Crippen LogP contribution in [-0.2, 0) is 10.2 Å². The van der Waals surface area contributed by atoms with Crippen LogP contribution in [0.5, 0.6) is 0 Å². The molecule has 1 aromatic heterocycles. The lowest BCUT2D eigenvalue weighted by Gasteiger charge is -2.40. The normalized spacial score (nSPS) is 19.1. The van der Waals surface area contributed by atoms with Crippen molar-refractivity contribution in [2.75, 3.05) is 11.9 Å². The Morgan fingerprint density at radius 2 is 1.86 bits per heavy atom. The lowest BCUT2D eigenvalue weighted by Crippen LogP contribution is -2.49. The molecule has 0 aliphatic carbocycles. The molecule has 1 unspecified atom stereocenters. The number of likely N-dealkylation sites (N-methyl/N-ethyl adjacent to an activating group) is 1. The Labute approximate surface area is 178 Å². The number of halogens is 3. The third kappa shape index (κ3) is 3.38. The molecule has 1 amide bonds. The fourth-order valence-electron chi connectivity index (χ4n) is 3.88. The second-order valence-corrected chi connectivity index (χ2v) is 9.30. The third-order valence-electron chi connectivity index (χ3n) is 5.10. The molecule has 0 saturated heterocycles. The monoisotopic (exact) mass is 479 g/mol. The summed E-state index contributed by atoms with van der Waals surface area (Å²) in [5, 5.41) is -2.72. The fourth-order valence-corrected chi connectivity index (χ4v) is 5.65. The van der Waals surface area contributed by atoms with Gasteiger partial charge in [0.15, 0.2) is 0 Å². The van der Waals surface area contributed by atoms with E-state index < -0.39 is 28.6 Å². The number of thioether (sulfide) groups is 1. The van der Waals surface area contributed by atoms with Crippen LogP contribution < -0.4 is 10.5 Å². The smallest absolute Gasteiger partial charge is 0.338 e. The van der Waals surface area contributed by atoms with E-state index in [0.29, 0.717) is 37.8 Å². The van der Waals surface area contributed by atoms with Gasteiger partial charge < -0.3 is 9.32 Å². The SMILES string of the molecule is CN1C(=O)C(C)(CC(F)(F)Sc2ccccc2)c2c(Br)ccc3oc(=O)cc1c23. The van der Waals surface area contributed by atoms with E-state index in [1.807, 2.05) is 0 Å². The van der Waals surface area contributed by atoms with Crippen molar-refractivity contribution in [3.05, 3.63) is 69.0 Å². The van der Waals surface area contributed by atoms with E-state index in [0.717, 1.165) is 0 Å². The summed E-state index contributed by atoms with van der Waals surface area (Å²) in [5.41, 5.74) is -1.10. The minimum absolute atomic E-state index is 0.260. The number of rotatable bonds is 4. The molecule has 8 heteroatoms. The molecule has 150 valence electrons. The fraction of sp³-hybridized carbons (Fsp3) is 0.238. The molecule has 1 atom stereocenters. The Morgan fingerprint density at radius 1 is 1.17 bits per heavy atom. The van der Waals surface area contributed by atoms with Crippen molar-refractivity contribution in [1.82, 2.24) is 0 Å². The first-order chi connectivity index (χ1) is 13.6. The van der Waals surface area contributed by atoms with Crippen LogP contribution in [0.4, 0.5) is 14.5 Å². The van der Waals surface area contributed by atoms with Crippen molar-refractivity contribution in [3.8, 4) is 0 Å². The van der Waals surface area contributed by atoms with Crippen molar-refractivity contribution in [3.63, 3.8) is 0 Å². The molecular formula is C21H16BrF2NO3S. The number of hydrogen-bond acceptors (Lipinski definition) is 4. The average molecular weight is 480 g/mol. The zero-order valence-corrected chi connectivity index (χ0v) is 17.9. The molecule has 0 bridgehead atoms. The lowest BCUT2D eigenvalue weighted by atomic mass is 9.74. The molecule has 4 nitrogen and oxygen atoms in total. The summed E-state index contributed by atoms with van der Waals surface area (Å²) in [6.07, 6.45) is -0.709. The summed E-state index contributed by atoms with van der Waals surface area (Å²) in [5.74, 6) is -0.503. The topological polar surface area (TPSA) is 50.5 Å². The van der Waals surface area contributed by atoms with Crippen LogP contribution in [0, 0.1) is 0 Å². The van der Waals surface area contributed by atoms with E-state index in [9.17, 15) is 9.59 Å². The number of benzene rings is 2. The Morgan fingerprint density at radius 3 is 2.55 bits per heavy atom. The van der Waals surface area contributed by atoms with Gasteiger partial charge in [-0.1, -0.05) is 45.9 Å². The predicted octanol–water partition coefficient (Wildman–Crippen LogP) is 5.56. The van der Waals surface area contributed by atoms with E-state index >= 15 is 8.78 Å². The maximum absolute atomic E-state index is 15.1. The summed E-state index contributed by atoms with van der Waals surface area (Å²) in [6, 6.07) is 12.8. The van der Waals surface area contributed by atoms with Crippen LogP contribution >= 0.6 is 27.7 Å². The first-order valence-electron chi connectivity index (χ1n) is 8.79. The van der Waals surface area contributed by atoms with Gasteiger partial charge in [-0.25, -0.2) is 4.79 Å². The highest BCUT2D eigenvalue weighted by molar-refractivity contribution is 9.10.